The van der Waals surface area contributed by atoms with Crippen molar-refractivity contribution in [2.75, 3.05) is 26.6 Å². The summed E-state index contributed by atoms with van der Waals surface area (Å²) < 4.78 is 0. The maximum Gasteiger partial charge on any atom is 0.0464 e. The van der Waals surface area contributed by atoms with Crippen LogP contribution in [0.4, 0.5) is 62.6 Å². The molecular weight excluding hydrogens is 1050 g/mol. The van der Waals surface area contributed by atoms with E-state index in [1.165, 1.54) is 85.4 Å². The van der Waals surface area contributed by atoms with Crippen molar-refractivity contribution in [1.29, 1.82) is 0 Å². The molecule has 0 bridgehead atoms. The minimum absolute atomic E-state index is 0.0670. The molecule has 424 valence electrons. The van der Waals surface area contributed by atoms with Crippen LogP contribution in [0.15, 0.2) is 291 Å². The summed E-state index contributed by atoms with van der Waals surface area (Å²) >= 11 is 0. The molecule has 0 heterocycles. The van der Waals surface area contributed by atoms with E-state index in [-0.39, 0.29) is 5.41 Å². The number of hydrogen-bond donors (Lipinski definition) is 0. The number of fused-ring (bicyclic) bond motifs is 2. The van der Waals surface area contributed by atoms with Crippen LogP contribution in [-0.2, 0) is 31.1 Å². The second kappa shape index (κ2) is 23.7. The van der Waals surface area contributed by atoms with E-state index < -0.39 is 0 Å². The lowest BCUT2D eigenvalue weighted by Gasteiger charge is -2.33. The highest BCUT2D eigenvalue weighted by atomic mass is 15.2. The zero-order chi connectivity index (χ0) is 58.8. The van der Waals surface area contributed by atoms with E-state index >= 15 is 0 Å². The third kappa shape index (κ3) is 10.8. The van der Waals surface area contributed by atoms with Crippen molar-refractivity contribution in [2.45, 2.75) is 64.7 Å². The molecular formula is C83H72N4. The molecule has 0 N–H and O–H groups in total. The highest BCUT2D eigenvalue weighted by Gasteiger charge is 2.31. The maximum atomic E-state index is 2.41. The summed E-state index contributed by atoms with van der Waals surface area (Å²) in [5.74, 6) is 0. The molecule has 87 heavy (non-hydrogen) atoms. The minimum atomic E-state index is -0.0670. The number of benzene rings is 12. The van der Waals surface area contributed by atoms with Crippen LogP contribution < -0.4 is 19.6 Å². The second-order valence-corrected chi connectivity index (χ2v) is 23.6. The molecule has 0 amide bonds. The van der Waals surface area contributed by atoms with Crippen LogP contribution in [0, 0.1) is 6.92 Å². The van der Waals surface area contributed by atoms with Crippen molar-refractivity contribution in [3.05, 3.63) is 330 Å². The molecule has 12 aromatic carbocycles. The first kappa shape index (κ1) is 54.8. The number of hydrogen-bond acceptors (Lipinski definition) is 4. The number of para-hydroxylation sites is 2. The third-order valence-electron chi connectivity index (χ3n) is 18.8. The van der Waals surface area contributed by atoms with Gasteiger partial charge in [0.25, 0.3) is 0 Å². The first-order valence-electron chi connectivity index (χ1n) is 31.1. The molecule has 0 atom stereocenters. The number of anilines is 11. The lowest BCUT2D eigenvalue weighted by atomic mass is 9.70. The van der Waals surface area contributed by atoms with Crippen LogP contribution in [-0.4, -0.2) is 7.05 Å². The first-order chi connectivity index (χ1) is 42.8. The molecule has 0 radical (unpaired) electrons. The zero-order valence-corrected chi connectivity index (χ0v) is 50.2. The molecule has 0 unspecified atom stereocenters. The van der Waals surface area contributed by atoms with E-state index in [4.69, 9.17) is 0 Å². The molecule has 14 rings (SSSR count). The van der Waals surface area contributed by atoms with E-state index in [2.05, 4.69) is 339 Å². The zero-order valence-electron chi connectivity index (χ0n) is 50.2. The van der Waals surface area contributed by atoms with Gasteiger partial charge in [-0.1, -0.05) is 177 Å². The van der Waals surface area contributed by atoms with Crippen LogP contribution in [0.3, 0.4) is 0 Å². The van der Waals surface area contributed by atoms with E-state index in [0.717, 1.165) is 88.0 Å². The lowest BCUT2D eigenvalue weighted by Crippen LogP contribution is -2.26. The lowest BCUT2D eigenvalue weighted by molar-refractivity contribution is 0.478. The summed E-state index contributed by atoms with van der Waals surface area (Å²) in [7, 11) is 2.16. The Morgan fingerprint density at radius 3 is 0.862 bits per heavy atom. The molecule has 12 aromatic rings. The molecule has 4 nitrogen and oxygen atoms in total. The Morgan fingerprint density at radius 1 is 0.264 bits per heavy atom. The maximum absolute atomic E-state index is 2.41. The Bertz CT molecular complexity index is 4310. The van der Waals surface area contributed by atoms with Crippen LogP contribution in [0.1, 0.15) is 65.6 Å². The molecule has 0 spiro atoms. The quantitative estimate of drug-likeness (QED) is 0.0849. The molecule has 0 fully saturated rings. The smallest absolute Gasteiger partial charge is 0.0464 e. The van der Waals surface area contributed by atoms with Crippen molar-refractivity contribution in [1.82, 2.24) is 0 Å². The fourth-order valence-electron chi connectivity index (χ4n) is 13.3. The van der Waals surface area contributed by atoms with Gasteiger partial charge in [-0.15, -0.1) is 0 Å². The predicted molar refractivity (Wildman–Crippen MR) is 369 cm³/mol. The molecule has 2 aliphatic rings. The Morgan fingerprint density at radius 2 is 0.529 bits per heavy atom. The largest absolute Gasteiger partial charge is 0.345 e. The summed E-state index contributed by atoms with van der Waals surface area (Å²) in [5.41, 5.74) is 29.4. The van der Waals surface area contributed by atoms with Crippen molar-refractivity contribution in [3.8, 4) is 33.4 Å². The van der Waals surface area contributed by atoms with Crippen molar-refractivity contribution in [2.24, 2.45) is 0 Å². The topological polar surface area (TPSA) is 13.0 Å². The molecule has 4 heteroatoms. The Kier molecular flexibility index (Phi) is 14.9. The SMILES string of the molecule is CCC(CC)(c1ccc(-c2ccc(C)cc2)cc1)c1ccc(-c2ccc(N(c3ccc(N(c4ccccc4)c4ccc(-c5ccc(N(c6ccccc6)c6ccc(N(C)c7ccc8c(c7)CC8)cc6)cc5)cc4)cc3)c3ccc4c(c3)CC4)cc2)cc1. The van der Waals surface area contributed by atoms with Gasteiger partial charge in [-0.3, -0.25) is 0 Å². The van der Waals surface area contributed by atoms with Crippen molar-refractivity contribution in [3.63, 3.8) is 0 Å². The monoisotopic (exact) mass is 1120 g/mol. The minimum Gasteiger partial charge on any atom is -0.345 e. The highest BCUT2D eigenvalue weighted by molar-refractivity contribution is 5.85. The van der Waals surface area contributed by atoms with Gasteiger partial charge in [0, 0.05) is 75.0 Å². The second-order valence-electron chi connectivity index (χ2n) is 23.6. The average Bonchev–Trinajstić information content (AvgIpc) is 2.03. The Labute approximate surface area is 514 Å². The van der Waals surface area contributed by atoms with Crippen molar-refractivity contribution < 1.29 is 0 Å². The number of rotatable bonds is 18. The van der Waals surface area contributed by atoms with Gasteiger partial charge in [-0.2, -0.15) is 0 Å². The molecule has 2 aliphatic carbocycles. The van der Waals surface area contributed by atoms with Crippen LogP contribution in [0.2, 0.25) is 0 Å². The summed E-state index contributed by atoms with van der Waals surface area (Å²) in [6, 6.07) is 108. The van der Waals surface area contributed by atoms with Crippen molar-refractivity contribution >= 4 is 62.6 Å². The van der Waals surface area contributed by atoms with Crippen LogP contribution in [0.5, 0.6) is 0 Å². The van der Waals surface area contributed by atoms with Gasteiger partial charge in [0.15, 0.2) is 0 Å². The Balaban J connectivity index is 0.711. The van der Waals surface area contributed by atoms with Crippen LogP contribution >= 0.6 is 0 Å². The highest BCUT2D eigenvalue weighted by Crippen LogP contribution is 2.45. The van der Waals surface area contributed by atoms with Crippen LogP contribution in [0.25, 0.3) is 33.4 Å². The van der Waals surface area contributed by atoms with Gasteiger partial charge in [0.2, 0.25) is 0 Å². The van der Waals surface area contributed by atoms with Gasteiger partial charge in [-0.05, 0) is 246 Å². The van der Waals surface area contributed by atoms with E-state index in [9.17, 15) is 0 Å². The number of nitrogens with zero attached hydrogens (tertiary/aromatic N) is 4. The number of aryl methyl sites for hydroxylation is 5. The Hall–Kier alpha value is -10.2. The fraction of sp³-hybridized carbons (Fsp3) is 0.133. The van der Waals surface area contributed by atoms with Gasteiger partial charge in [0.05, 0.1) is 0 Å². The first-order valence-corrected chi connectivity index (χ1v) is 31.1. The standard InChI is InChI=1S/C83H72N4/c1-5-83(6-2,70-37-25-61(26-38-70)60-19-17-59(3)18-20-60)71-39-27-62(28-40-71)63-33-45-77(46-34-63)87(82-48-36-67-22-24-69(67)58-82)80-55-53-79(54-56-80)86(74-15-11-8-12-16-74)76-43-31-65(32-44-76)64-29-41-75(42-30-64)85(73-13-9-7-10-14-73)78-51-49-72(50-52-78)84(4)81-47-35-66-21-23-68(66)57-81/h7-20,25-58H,5-6,21-24H2,1-4H3. The van der Waals surface area contributed by atoms with Gasteiger partial charge < -0.3 is 19.6 Å². The van der Waals surface area contributed by atoms with Gasteiger partial charge >= 0.3 is 0 Å². The average molecular weight is 1130 g/mol. The predicted octanol–water partition coefficient (Wildman–Crippen LogP) is 22.5. The normalized spacial score (nSPS) is 12.3. The van der Waals surface area contributed by atoms with Gasteiger partial charge in [0.1, 0.15) is 0 Å². The molecule has 0 saturated carbocycles. The van der Waals surface area contributed by atoms with Gasteiger partial charge in [-0.25, -0.2) is 0 Å². The fourth-order valence-corrected chi connectivity index (χ4v) is 13.3. The van der Waals surface area contributed by atoms with E-state index in [1.54, 1.807) is 0 Å². The molecule has 0 aliphatic heterocycles. The summed E-state index contributed by atoms with van der Waals surface area (Å²) in [6.45, 7) is 6.80. The van der Waals surface area contributed by atoms with E-state index in [0.29, 0.717) is 0 Å². The summed E-state index contributed by atoms with van der Waals surface area (Å²) in [4.78, 5) is 9.38. The molecule has 0 saturated heterocycles. The third-order valence-corrected chi connectivity index (χ3v) is 18.8. The molecule has 0 aromatic heterocycles. The summed E-state index contributed by atoms with van der Waals surface area (Å²) in [6.07, 6.45) is 6.69. The summed E-state index contributed by atoms with van der Waals surface area (Å²) in [5, 5.41) is 0. The van der Waals surface area contributed by atoms with E-state index in [1.807, 2.05) is 0 Å².